The fourth-order valence-corrected chi connectivity index (χ4v) is 67.0. The molecule has 0 aromatic heterocycles. The lowest BCUT2D eigenvalue weighted by atomic mass is 10.1. The summed E-state index contributed by atoms with van der Waals surface area (Å²) >= 11 is 0. The molecule has 0 aliphatic heterocycles. The summed E-state index contributed by atoms with van der Waals surface area (Å²) < 4.78 is 90.2. The first kappa shape index (κ1) is 83.0. The summed E-state index contributed by atoms with van der Waals surface area (Å²) in [5.41, 5.74) is 2.66. The molecule has 0 rings (SSSR count). The lowest BCUT2D eigenvalue weighted by molar-refractivity contribution is -0.134. The van der Waals surface area contributed by atoms with E-state index in [1.54, 1.807) is 33.9 Å². The summed E-state index contributed by atoms with van der Waals surface area (Å²) in [5.74, 6) is -0.0317. The van der Waals surface area contributed by atoms with Gasteiger partial charge in [-0.05, 0) is 213 Å². The van der Waals surface area contributed by atoms with Crippen LogP contribution in [0.5, 0.6) is 0 Å². The topological polar surface area (TPSA) is 215 Å². The van der Waals surface area contributed by atoms with Gasteiger partial charge in [0.25, 0.3) is 0 Å². The van der Waals surface area contributed by atoms with E-state index in [0.29, 0.717) is 48.6 Å². The van der Waals surface area contributed by atoms with E-state index in [-0.39, 0.29) is 17.5 Å². The second-order valence-electron chi connectivity index (χ2n) is 26.8. The predicted octanol–water partition coefficient (Wildman–Crippen LogP) is 12.4. The quantitative estimate of drug-likeness (QED) is 0.0129. The van der Waals surface area contributed by atoms with Gasteiger partial charge in [0.15, 0.2) is 37.2 Å². The third kappa shape index (κ3) is 40.4. The van der Waals surface area contributed by atoms with Crippen LogP contribution in [0.1, 0.15) is 79.1 Å². The Kier molecular flexibility index (Phi) is 35.5. The van der Waals surface area contributed by atoms with Crippen LogP contribution in [0.25, 0.3) is 0 Å². The van der Waals surface area contributed by atoms with E-state index in [1.807, 2.05) is 98.6 Å². The normalized spacial score (nSPS) is 16.3. The first-order valence-electron chi connectivity index (χ1n) is 29.7. The van der Waals surface area contributed by atoms with Crippen molar-refractivity contribution in [2.75, 3.05) is 19.6 Å². The molecule has 0 spiro atoms. The number of unbranched alkanes of at least 4 members (excludes halogenated alkanes) is 2. The Morgan fingerprint density at radius 1 is 0.446 bits per heavy atom. The SMILES string of the molecule is C=C(C)CNCCC[SiH](C)OO[Si](C)(C)O[Si](C)(O[Si](C)(C)O[Si](C)(C)O[Si](C)(C)CCCCC(=O)C(=C)C)O[Si](C)(O[Si](C)(C)O[Si](C)(C)O[Si](C)(C)CCCCC(=O)C(=C)C)O[Si](C)(C)O[Si](C)(O)O[SiH](C)CCCNC(=O)C(=C)C. The van der Waals surface area contributed by atoms with Crippen LogP contribution in [0, 0.1) is 0 Å². The van der Waals surface area contributed by atoms with Gasteiger partial charge in [0.05, 0.1) is 0 Å². The number of nitrogens with one attached hydrogen (secondary N) is 2. The molecule has 0 radical (unpaired) electrons. The van der Waals surface area contributed by atoms with Crippen molar-refractivity contribution in [1.82, 2.24) is 10.6 Å². The molecule has 5 unspecified atom stereocenters. The standard InChI is InChI=1S/C51H118N2O17Si13/c1-45(2)44-52-38-34-40-71(9)58-59-75(15,16)66-82(28,67-78(21,22)63-76(17,18)61-73(11,12)42-32-30-36-49(54)46(3)4)70-83(29,69-80(25,26)65-81(27,57)60-72(10)41-35-39-53-51(56)48(7)8)68-79(23,24)64-77(19,20)62-74(13,14)43-33-31-37-50(55)47(5)6/h52,57,71-72H,1,3,5,7,30-44H2,2,4,6,8-29H3,(H,53,56). The fraction of sp³-hybridized carbons (Fsp3) is 0.784. The minimum Gasteiger partial charge on any atom is -0.436 e. The molecule has 0 saturated carbocycles. The third-order valence-corrected chi connectivity index (χ3v) is 58.6. The highest BCUT2D eigenvalue weighted by Gasteiger charge is 2.60. The molecule has 19 nitrogen and oxygen atoms in total. The Hall–Kier alpha value is -0.0105. The maximum atomic E-state index is 12.3. The molecule has 83 heavy (non-hydrogen) atoms. The molecule has 0 fully saturated rings. The molecule has 0 heterocycles. The number of allylic oxidation sites excluding steroid dienone is 2. The van der Waals surface area contributed by atoms with Crippen molar-refractivity contribution in [3.63, 3.8) is 0 Å². The number of ketones is 2. The van der Waals surface area contributed by atoms with Crippen LogP contribution < -0.4 is 10.6 Å². The second-order valence-corrected chi connectivity index (χ2v) is 70.7. The number of hydrogen-bond acceptors (Lipinski definition) is 18. The molecular weight excluding hydrogens is 1280 g/mol. The fourth-order valence-electron chi connectivity index (χ4n) is 9.80. The molecule has 32 heteroatoms. The van der Waals surface area contributed by atoms with Crippen molar-refractivity contribution in [2.45, 2.75) is 241 Å². The summed E-state index contributed by atoms with van der Waals surface area (Å²) in [5, 5.41) is 6.28. The molecule has 5 atom stereocenters. The van der Waals surface area contributed by atoms with E-state index in [1.165, 1.54) is 0 Å². The highest BCUT2D eigenvalue weighted by atomic mass is 28.6. The molecule has 0 aliphatic rings. The van der Waals surface area contributed by atoms with Crippen LogP contribution in [-0.4, -0.2) is 154 Å². The molecule has 0 aliphatic carbocycles. The Labute approximate surface area is 519 Å². The lowest BCUT2D eigenvalue weighted by Gasteiger charge is -2.47. The van der Waals surface area contributed by atoms with Gasteiger partial charge in [-0.25, -0.2) is 0 Å². The highest BCUT2D eigenvalue weighted by Crippen LogP contribution is 2.35. The van der Waals surface area contributed by atoms with Gasteiger partial charge in [-0.3, -0.25) is 23.5 Å². The van der Waals surface area contributed by atoms with E-state index in [9.17, 15) is 19.2 Å². The van der Waals surface area contributed by atoms with Crippen molar-refractivity contribution < 1.29 is 73.6 Å². The largest absolute Gasteiger partial charge is 0.475 e. The minimum absolute atomic E-state index is 0.0814. The summed E-state index contributed by atoms with van der Waals surface area (Å²) in [4.78, 5) is 48.7. The first-order chi connectivity index (χ1) is 37.3. The van der Waals surface area contributed by atoms with Gasteiger partial charge < -0.3 is 60.7 Å². The van der Waals surface area contributed by atoms with Crippen molar-refractivity contribution in [3.8, 4) is 0 Å². The third-order valence-electron chi connectivity index (χ3n) is 12.1. The first-order valence-corrected chi connectivity index (χ1v) is 64.4. The van der Waals surface area contributed by atoms with Gasteiger partial charge in [-0.1, -0.05) is 44.7 Å². The van der Waals surface area contributed by atoms with Gasteiger partial charge in [0, 0.05) is 51.1 Å². The van der Waals surface area contributed by atoms with Crippen molar-refractivity contribution in [2.24, 2.45) is 0 Å². The summed E-state index contributed by atoms with van der Waals surface area (Å²) in [7, 11) is -39.9. The molecule has 486 valence electrons. The molecule has 3 N–H and O–H groups in total. The lowest BCUT2D eigenvalue weighted by Crippen LogP contribution is -2.69. The number of carbonyl (C=O) groups is 3. The van der Waals surface area contributed by atoms with E-state index in [2.05, 4.69) is 69.7 Å². The zero-order chi connectivity index (χ0) is 64.9. The van der Waals surface area contributed by atoms with Crippen LogP contribution in [0.4, 0.5) is 0 Å². The molecular formula is C51H118N2O17Si13. The monoisotopic (exact) mass is 1390 g/mol. The Balaban J connectivity index is 7.49. The number of hydrogen-bond donors (Lipinski definition) is 3. The Morgan fingerprint density at radius 3 is 1.22 bits per heavy atom. The van der Waals surface area contributed by atoms with Crippen molar-refractivity contribution in [3.05, 3.63) is 48.6 Å². The molecule has 0 bridgehead atoms. The molecule has 1 amide bonds. The van der Waals surface area contributed by atoms with Gasteiger partial charge in [-0.15, -0.1) is 0 Å². The number of rotatable bonds is 48. The summed E-state index contributed by atoms with van der Waals surface area (Å²) in [6, 6.07) is 3.24. The van der Waals surface area contributed by atoms with Crippen LogP contribution in [0.2, 0.25) is 162 Å². The van der Waals surface area contributed by atoms with Crippen LogP contribution in [0.3, 0.4) is 0 Å². The smallest absolute Gasteiger partial charge is 0.436 e. The minimum atomic E-state index is -4.17. The van der Waals surface area contributed by atoms with Crippen molar-refractivity contribution in [1.29, 1.82) is 0 Å². The predicted molar refractivity (Wildman–Crippen MR) is 368 cm³/mol. The zero-order valence-corrected chi connectivity index (χ0v) is 69.9. The van der Waals surface area contributed by atoms with E-state index in [0.717, 1.165) is 68.9 Å². The molecule has 0 saturated heterocycles. The van der Waals surface area contributed by atoms with Crippen LogP contribution in [0.15, 0.2) is 48.6 Å². The molecule has 0 aromatic rings. The zero-order valence-electron chi connectivity index (χ0n) is 56.6. The Bertz CT molecular complexity index is 2120. The van der Waals surface area contributed by atoms with Gasteiger partial charge >= 0.3 is 77.8 Å². The van der Waals surface area contributed by atoms with E-state index >= 15 is 0 Å². The maximum absolute atomic E-state index is 12.3. The molecule has 0 aromatic carbocycles. The van der Waals surface area contributed by atoms with E-state index in [4.69, 9.17) is 54.4 Å². The van der Waals surface area contributed by atoms with Crippen molar-refractivity contribution >= 4 is 130 Å². The van der Waals surface area contributed by atoms with Gasteiger partial charge in [0.2, 0.25) is 14.9 Å². The van der Waals surface area contributed by atoms with E-state index < -0.39 is 112 Å². The highest BCUT2D eigenvalue weighted by molar-refractivity contribution is 6.94. The van der Waals surface area contributed by atoms with Crippen LogP contribution in [-0.2, 0) is 68.8 Å². The number of Topliss-reactive ketones (excluding diaryl/α,β-unsaturated/α-hetero) is 2. The average molecular weight is 1400 g/mol. The number of carbonyl (C=O) groups excluding carboxylic acids is 3. The van der Waals surface area contributed by atoms with Gasteiger partial charge in [-0.2, -0.15) is 0 Å². The van der Waals surface area contributed by atoms with Crippen LogP contribution >= 0.6 is 0 Å². The Morgan fingerprint density at radius 2 is 0.819 bits per heavy atom. The summed E-state index contributed by atoms with van der Waals surface area (Å²) in [6.45, 7) is 66.0. The maximum Gasteiger partial charge on any atom is 0.475 e. The van der Waals surface area contributed by atoms with Gasteiger partial charge in [0.1, 0.15) is 0 Å². The second kappa shape index (κ2) is 35.6. The summed E-state index contributed by atoms with van der Waals surface area (Å²) in [6.07, 6.45) is 5.73. The average Bonchev–Trinajstić information content (AvgIpc) is 3.23. The number of amides is 1.